The molecule has 0 spiro atoms. The van der Waals surface area contributed by atoms with Crippen molar-refractivity contribution >= 4 is 35.0 Å². The Kier molecular flexibility index (Phi) is 8.27. The quantitative estimate of drug-likeness (QED) is 0.509. The molecule has 1 aromatic heterocycles. The summed E-state index contributed by atoms with van der Waals surface area (Å²) in [5, 5.41) is 16.5. The Bertz CT molecular complexity index is 610. The van der Waals surface area contributed by atoms with Gasteiger partial charge in [-0.05, 0) is 22.6 Å². The number of methoxy groups -OCH3 is 1. The third-order valence-corrected chi connectivity index (χ3v) is 4.21. The molecule has 0 aliphatic rings. The van der Waals surface area contributed by atoms with Crippen molar-refractivity contribution in [1.29, 1.82) is 0 Å². The van der Waals surface area contributed by atoms with Gasteiger partial charge in [-0.15, -0.1) is 5.10 Å². The van der Waals surface area contributed by atoms with Gasteiger partial charge in [-0.2, -0.15) is 0 Å². The van der Waals surface area contributed by atoms with E-state index in [9.17, 15) is 0 Å². The maximum absolute atomic E-state index is 6.09. The predicted octanol–water partition coefficient (Wildman–Crippen LogP) is -0.589. The van der Waals surface area contributed by atoms with Crippen LogP contribution < -0.4 is 22.5 Å². The Morgan fingerprint density at radius 1 is 1.36 bits per heavy atom. The highest BCUT2D eigenvalue weighted by Gasteiger charge is 2.09. The van der Waals surface area contributed by atoms with E-state index in [-0.39, 0.29) is 12.4 Å². The topological polar surface area (TPSA) is 64.9 Å². The van der Waals surface area contributed by atoms with Crippen molar-refractivity contribution in [1.82, 2.24) is 25.5 Å². The van der Waals surface area contributed by atoms with Crippen LogP contribution in [0.5, 0.6) is 5.75 Å². The maximum atomic E-state index is 6.09. The van der Waals surface area contributed by atoms with E-state index in [2.05, 4.69) is 20.8 Å². The summed E-state index contributed by atoms with van der Waals surface area (Å²) in [5.41, 5.74) is 0.931. The number of rotatable bonds is 7. The van der Waals surface area contributed by atoms with Crippen molar-refractivity contribution in [3.05, 3.63) is 27.7 Å². The van der Waals surface area contributed by atoms with E-state index in [1.54, 1.807) is 29.6 Å². The SMILES string of the molecule is COc1c(Cl)cc(Cl)cc1CNCCSc1nnnn1C.[Cl-]. The molecular formula is C12H15Cl3N5OS-. The first-order valence-corrected chi connectivity index (χ1v) is 7.93. The summed E-state index contributed by atoms with van der Waals surface area (Å²) in [5.74, 6) is 1.50. The number of nitrogens with one attached hydrogen (secondary N) is 1. The average molecular weight is 384 g/mol. The standard InChI is InChI=1S/C12H15Cl2N5OS.ClH/c1-19-12(16-17-18-19)21-4-3-15-7-8-5-9(13)6-10(14)11(8)20-2;/h5-6,15H,3-4,7H2,1-2H3;1H/p-1. The van der Waals surface area contributed by atoms with Gasteiger partial charge in [0, 0.05) is 36.5 Å². The molecule has 0 atom stereocenters. The summed E-state index contributed by atoms with van der Waals surface area (Å²) < 4.78 is 6.94. The maximum Gasteiger partial charge on any atom is 0.209 e. The number of aryl methyl sites for hydroxylation is 1. The van der Waals surface area contributed by atoms with Gasteiger partial charge in [0.25, 0.3) is 0 Å². The summed E-state index contributed by atoms with van der Waals surface area (Å²) in [6, 6.07) is 3.52. The summed E-state index contributed by atoms with van der Waals surface area (Å²) in [6.45, 7) is 1.42. The minimum Gasteiger partial charge on any atom is -1.00 e. The van der Waals surface area contributed by atoms with Crippen molar-refractivity contribution in [2.45, 2.75) is 11.7 Å². The van der Waals surface area contributed by atoms with Gasteiger partial charge < -0.3 is 22.5 Å². The van der Waals surface area contributed by atoms with Crippen LogP contribution in [0.4, 0.5) is 0 Å². The number of halogens is 3. The van der Waals surface area contributed by atoms with Gasteiger partial charge in [0.2, 0.25) is 5.16 Å². The van der Waals surface area contributed by atoms with E-state index in [1.807, 2.05) is 13.1 Å². The Morgan fingerprint density at radius 3 is 2.77 bits per heavy atom. The molecule has 22 heavy (non-hydrogen) atoms. The molecule has 0 aliphatic heterocycles. The Morgan fingerprint density at radius 2 is 2.14 bits per heavy atom. The lowest BCUT2D eigenvalue weighted by molar-refractivity contribution is -0.00000462. The zero-order valence-corrected chi connectivity index (χ0v) is 15.1. The molecule has 0 fully saturated rings. The van der Waals surface area contributed by atoms with Crippen molar-refractivity contribution in [2.75, 3.05) is 19.4 Å². The molecule has 1 N–H and O–H groups in total. The molecular weight excluding hydrogens is 369 g/mol. The van der Waals surface area contributed by atoms with E-state index < -0.39 is 0 Å². The van der Waals surface area contributed by atoms with Gasteiger partial charge in [0.05, 0.1) is 12.1 Å². The molecule has 10 heteroatoms. The van der Waals surface area contributed by atoms with Crippen LogP contribution in [0, 0.1) is 0 Å². The largest absolute Gasteiger partial charge is 1.00 e. The average Bonchev–Trinajstić information content (AvgIpc) is 2.83. The van der Waals surface area contributed by atoms with Crippen LogP contribution in [0.25, 0.3) is 0 Å². The van der Waals surface area contributed by atoms with Crippen LogP contribution >= 0.6 is 35.0 Å². The molecule has 0 saturated heterocycles. The third kappa shape index (κ3) is 5.17. The predicted molar refractivity (Wildman–Crippen MR) is 84.2 cm³/mol. The molecule has 0 aliphatic carbocycles. The Hall–Kier alpha value is -0.730. The second-order valence-corrected chi connectivity index (χ2v) is 6.10. The molecule has 2 rings (SSSR count). The van der Waals surface area contributed by atoms with Crippen molar-refractivity contribution in [2.24, 2.45) is 7.05 Å². The molecule has 0 saturated carbocycles. The number of hydrogen-bond acceptors (Lipinski definition) is 6. The fourth-order valence-corrected chi connectivity index (χ4v) is 3.11. The summed E-state index contributed by atoms with van der Waals surface area (Å²) >= 11 is 13.7. The van der Waals surface area contributed by atoms with E-state index in [0.29, 0.717) is 22.3 Å². The van der Waals surface area contributed by atoms with Crippen LogP contribution in [0.2, 0.25) is 10.0 Å². The molecule has 1 heterocycles. The number of nitrogens with zero attached hydrogens (tertiary/aromatic N) is 4. The Labute approximate surface area is 149 Å². The molecule has 0 radical (unpaired) electrons. The lowest BCUT2D eigenvalue weighted by Crippen LogP contribution is -3.00. The first kappa shape index (κ1) is 19.3. The fraction of sp³-hybridized carbons (Fsp3) is 0.417. The van der Waals surface area contributed by atoms with Gasteiger partial charge in [-0.25, -0.2) is 4.68 Å². The number of tetrazole rings is 1. The summed E-state index contributed by atoms with van der Waals surface area (Å²) in [7, 11) is 3.41. The van der Waals surface area contributed by atoms with Crippen molar-refractivity contribution < 1.29 is 17.1 Å². The summed E-state index contributed by atoms with van der Waals surface area (Å²) in [4.78, 5) is 0. The second kappa shape index (κ2) is 9.42. The van der Waals surface area contributed by atoms with Crippen LogP contribution in [0.15, 0.2) is 17.3 Å². The molecule has 2 aromatic rings. The zero-order chi connectivity index (χ0) is 15.2. The van der Waals surface area contributed by atoms with Gasteiger partial charge in [-0.3, -0.25) is 0 Å². The van der Waals surface area contributed by atoms with E-state index in [1.165, 1.54) is 0 Å². The zero-order valence-electron chi connectivity index (χ0n) is 12.0. The van der Waals surface area contributed by atoms with Gasteiger partial charge in [-0.1, -0.05) is 35.0 Å². The number of benzene rings is 1. The normalized spacial score (nSPS) is 10.4. The highest BCUT2D eigenvalue weighted by molar-refractivity contribution is 7.99. The van der Waals surface area contributed by atoms with Crippen molar-refractivity contribution in [3.8, 4) is 5.75 Å². The van der Waals surface area contributed by atoms with Crippen LogP contribution in [-0.4, -0.2) is 39.6 Å². The Balaban J connectivity index is 0.00000242. The van der Waals surface area contributed by atoms with Gasteiger partial charge in [0.15, 0.2) is 0 Å². The molecule has 0 unspecified atom stereocenters. The molecule has 1 aromatic carbocycles. The minimum absolute atomic E-state index is 0. The number of ether oxygens (including phenoxy) is 1. The van der Waals surface area contributed by atoms with Crippen LogP contribution in [0.3, 0.4) is 0 Å². The highest BCUT2D eigenvalue weighted by Crippen LogP contribution is 2.32. The van der Waals surface area contributed by atoms with Gasteiger partial charge >= 0.3 is 0 Å². The lowest BCUT2D eigenvalue weighted by atomic mass is 10.2. The lowest BCUT2D eigenvalue weighted by Gasteiger charge is -2.11. The molecule has 6 nitrogen and oxygen atoms in total. The van der Waals surface area contributed by atoms with E-state index in [0.717, 1.165) is 23.0 Å². The second-order valence-electron chi connectivity index (χ2n) is 4.19. The number of hydrogen-bond donors (Lipinski definition) is 1. The number of thioether (sulfide) groups is 1. The first-order valence-electron chi connectivity index (χ1n) is 6.19. The number of aromatic nitrogens is 4. The van der Waals surface area contributed by atoms with E-state index >= 15 is 0 Å². The first-order chi connectivity index (χ1) is 10.1. The molecule has 122 valence electrons. The highest BCUT2D eigenvalue weighted by atomic mass is 35.5. The summed E-state index contributed by atoms with van der Waals surface area (Å²) in [6.07, 6.45) is 0. The fourth-order valence-electron chi connectivity index (χ4n) is 1.75. The molecule has 0 bridgehead atoms. The minimum atomic E-state index is 0. The van der Waals surface area contributed by atoms with Crippen LogP contribution in [0.1, 0.15) is 5.56 Å². The third-order valence-electron chi connectivity index (χ3n) is 2.70. The van der Waals surface area contributed by atoms with Crippen molar-refractivity contribution in [3.63, 3.8) is 0 Å². The smallest absolute Gasteiger partial charge is 0.209 e. The van der Waals surface area contributed by atoms with E-state index in [4.69, 9.17) is 27.9 Å². The van der Waals surface area contributed by atoms with Crippen LogP contribution in [-0.2, 0) is 13.6 Å². The monoisotopic (exact) mass is 382 g/mol. The molecule has 0 amide bonds. The van der Waals surface area contributed by atoms with Gasteiger partial charge in [0.1, 0.15) is 5.75 Å².